The number of benzene rings is 3. The summed E-state index contributed by atoms with van der Waals surface area (Å²) in [5.74, 6) is -1.25. The summed E-state index contributed by atoms with van der Waals surface area (Å²) in [6.45, 7) is 5.85. The second-order valence-corrected chi connectivity index (χ2v) is 11.2. The first-order chi connectivity index (χ1) is 21.0. The third-order valence-corrected chi connectivity index (χ3v) is 8.07. The van der Waals surface area contributed by atoms with Crippen LogP contribution in [-0.4, -0.2) is 32.1 Å². The summed E-state index contributed by atoms with van der Waals surface area (Å²) < 4.78 is 6.77. The molecular formula is C31H26N4O8S. The van der Waals surface area contributed by atoms with Gasteiger partial charge in [0.1, 0.15) is 0 Å². The number of nitro groups is 2. The van der Waals surface area contributed by atoms with E-state index >= 15 is 0 Å². The fraction of sp³-hybridized carbons (Fsp3) is 0.194. The number of hydrogen-bond donors (Lipinski definition) is 1. The highest BCUT2D eigenvalue weighted by molar-refractivity contribution is 7.07. The molecule has 0 radical (unpaired) electrons. The predicted molar refractivity (Wildman–Crippen MR) is 163 cm³/mol. The van der Waals surface area contributed by atoms with Gasteiger partial charge in [0, 0.05) is 17.2 Å². The van der Waals surface area contributed by atoms with Crippen molar-refractivity contribution in [2.24, 2.45) is 4.99 Å². The van der Waals surface area contributed by atoms with Crippen molar-refractivity contribution in [3.8, 4) is 5.75 Å². The van der Waals surface area contributed by atoms with Gasteiger partial charge in [0.25, 0.3) is 11.2 Å². The van der Waals surface area contributed by atoms with Crippen LogP contribution in [0, 0.1) is 20.2 Å². The van der Waals surface area contributed by atoms with Gasteiger partial charge in [0.05, 0.1) is 44.4 Å². The van der Waals surface area contributed by atoms with Crippen molar-refractivity contribution < 1.29 is 24.5 Å². The molecule has 0 amide bonds. The lowest BCUT2D eigenvalue weighted by atomic mass is 9.91. The lowest BCUT2D eigenvalue weighted by Gasteiger charge is -2.26. The number of nitrogens with zero attached hydrogens (tertiary/aromatic N) is 4. The van der Waals surface area contributed by atoms with E-state index in [1.54, 1.807) is 31.2 Å². The van der Waals surface area contributed by atoms with E-state index in [9.17, 15) is 34.9 Å². The van der Waals surface area contributed by atoms with E-state index in [1.807, 2.05) is 44.2 Å². The predicted octanol–water partition coefficient (Wildman–Crippen LogP) is 4.58. The molecule has 12 nitrogen and oxygen atoms in total. The molecule has 0 bridgehead atoms. The lowest BCUT2D eigenvalue weighted by molar-refractivity contribution is -0.394. The maximum Gasteiger partial charge on any atom is 0.338 e. The van der Waals surface area contributed by atoms with Crippen LogP contribution in [0.25, 0.3) is 11.8 Å². The highest BCUT2D eigenvalue weighted by Crippen LogP contribution is 2.37. The number of carbonyl (C=O) groups excluding carboxylic acids is 1. The summed E-state index contributed by atoms with van der Waals surface area (Å²) in [5, 5.41) is 33.6. The second kappa shape index (κ2) is 12.1. The Morgan fingerprint density at radius 2 is 1.77 bits per heavy atom. The van der Waals surface area contributed by atoms with E-state index in [2.05, 4.69) is 0 Å². The maximum absolute atomic E-state index is 14.1. The van der Waals surface area contributed by atoms with Crippen LogP contribution in [0.15, 0.2) is 82.1 Å². The number of phenolic OH excluding ortho intramolecular Hbond substituents is 1. The van der Waals surface area contributed by atoms with Crippen molar-refractivity contribution in [2.45, 2.75) is 32.7 Å². The van der Waals surface area contributed by atoms with Crippen LogP contribution >= 0.6 is 11.3 Å². The lowest BCUT2D eigenvalue weighted by Crippen LogP contribution is -2.40. The van der Waals surface area contributed by atoms with Gasteiger partial charge in [0.15, 0.2) is 4.80 Å². The Balaban J connectivity index is 1.84. The number of aromatic hydroxyl groups is 1. The molecule has 0 fully saturated rings. The van der Waals surface area contributed by atoms with E-state index in [-0.39, 0.29) is 33.0 Å². The Hall–Kier alpha value is -5.43. The fourth-order valence-corrected chi connectivity index (χ4v) is 5.93. The number of fused-ring (bicyclic) bond motifs is 1. The van der Waals surface area contributed by atoms with Crippen molar-refractivity contribution in [3.05, 3.63) is 134 Å². The monoisotopic (exact) mass is 614 g/mol. The molecule has 4 aromatic rings. The zero-order chi connectivity index (χ0) is 31.7. The highest BCUT2D eigenvalue weighted by Gasteiger charge is 2.35. The Labute approximate surface area is 253 Å². The maximum atomic E-state index is 14.1. The van der Waals surface area contributed by atoms with Crippen LogP contribution in [0.3, 0.4) is 0 Å². The van der Waals surface area contributed by atoms with Crippen LogP contribution in [0.1, 0.15) is 55.0 Å². The Kier molecular flexibility index (Phi) is 8.23. The van der Waals surface area contributed by atoms with Gasteiger partial charge in [-0.25, -0.2) is 9.79 Å². The van der Waals surface area contributed by atoms with E-state index in [1.165, 1.54) is 4.57 Å². The zero-order valence-corrected chi connectivity index (χ0v) is 24.6. The SMILES string of the molecule is CCOC(=O)C1=C(c2ccccc2)N=c2s/c(=C\c3cc([N+](=O)[O-])cc([N+](=O)[O-])c3O)c(=O)n2[C@H]1c1ccc(C(C)C)cc1. The minimum absolute atomic E-state index is 0.0184. The van der Waals surface area contributed by atoms with Gasteiger partial charge in [-0.2, -0.15) is 0 Å². The fourth-order valence-electron chi connectivity index (χ4n) is 4.94. The topological polar surface area (TPSA) is 167 Å². The van der Waals surface area contributed by atoms with E-state index in [4.69, 9.17) is 9.73 Å². The summed E-state index contributed by atoms with van der Waals surface area (Å²) in [4.78, 5) is 53.8. The molecule has 0 spiro atoms. The Morgan fingerprint density at radius 1 is 1.09 bits per heavy atom. The summed E-state index contributed by atoms with van der Waals surface area (Å²) in [6, 6.07) is 17.1. The van der Waals surface area contributed by atoms with Crippen LogP contribution in [0.5, 0.6) is 5.75 Å². The Bertz CT molecular complexity index is 2010. The van der Waals surface area contributed by atoms with Gasteiger partial charge >= 0.3 is 11.7 Å². The molecule has 0 saturated carbocycles. The molecule has 1 N–H and O–H groups in total. The number of aromatic nitrogens is 1. The average Bonchev–Trinajstić information content (AvgIpc) is 3.31. The van der Waals surface area contributed by atoms with Crippen molar-refractivity contribution in [3.63, 3.8) is 0 Å². The number of phenols is 1. The van der Waals surface area contributed by atoms with Gasteiger partial charge in [-0.15, -0.1) is 0 Å². The third-order valence-electron chi connectivity index (χ3n) is 7.09. The number of hydrogen-bond acceptors (Lipinski definition) is 10. The molecule has 0 aliphatic carbocycles. The molecule has 2 heterocycles. The van der Waals surface area contributed by atoms with Crippen LogP contribution in [0.2, 0.25) is 0 Å². The molecule has 5 rings (SSSR count). The van der Waals surface area contributed by atoms with E-state index in [0.29, 0.717) is 22.9 Å². The number of non-ortho nitro benzene ring substituents is 1. The average molecular weight is 615 g/mol. The summed E-state index contributed by atoms with van der Waals surface area (Å²) in [6.07, 6.45) is 1.15. The third kappa shape index (κ3) is 5.52. The zero-order valence-electron chi connectivity index (χ0n) is 23.8. The Morgan fingerprint density at radius 3 is 2.36 bits per heavy atom. The molecule has 1 aliphatic rings. The molecular weight excluding hydrogens is 588 g/mol. The van der Waals surface area contributed by atoms with E-state index < -0.39 is 44.5 Å². The van der Waals surface area contributed by atoms with Crippen LogP contribution < -0.4 is 14.9 Å². The van der Waals surface area contributed by atoms with Gasteiger partial charge in [0.2, 0.25) is 5.75 Å². The largest absolute Gasteiger partial charge is 0.502 e. The summed E-state index contributed by atoms with van der Waals surface area (Å²) in [7, 11) is 0. The number of nitro benzene ring substituents is 2. The van der Waals surface area contributed by atoms with Crippen molar-refractivity contribution in [1.82, 2.24) is 4.57 Å². The first kappa shape index (κ1) is 30.0. The van der Waals surface area contributed by atoms with Crippen molar-refractivity contribution >= 4 is 40.5 Å². The van der Waals surface area contributed by atoms with Crippen LogP contribution in [-0.2, 0) is 9.53 Å². The molecule has 44 heavy (non-hydrogen) atoms. The smallest absolute Gasteiger partial charge is 0.338 e. The highest BCUT2D eigenvalue weighted by atomic mass is 32.1. The summed E-state index contributed by atoms with van der Waals surface area (Å²) >= 11 is 0.917. The van der Waals surface area contributed by atoms with Crippen LogP contribution in [0.4, 0.5) is 11.4 Å². The van der Waals surface area contributed by atoms with Gasteiger partial charge in [-0.05, 0) is 30.0 Å². The first-order valence-electron chi connectivity index (χ1n) is 13.6. The molecule has 1 atom stereocenters. The summed E-state index contributed by atoms with van der Waals surface area (Å²) in [5.41, 5.74) is 0.313. The second-order valence-electron chi connectivity index (χ2n) is 10.2. The first-order valence-corrected chi connectivity index (χ1v) is 14.4. The number of esters is 1. The molecule has 0 unspecified atom stereocenters. The molecule has 1 aliphatic heterocycles. The number of rotatable bonds is 8. The quantitative estimate of drug-likeness (QED) is 0.171. The van der Waals surface area contributed by atoms with Crippen molar-refractivity contribution in [1.29, 1.82) is 0 Å². The number of thiazole rings is 1. The standard InChI is InChI=1S/C31H26N4O8S/c1-4-43-30(38)25-26(19-8-6-5-7-9-19)32-31-33(27(25)20-12-10-18(11-13-20)17(2)3)29(37)24(44-31)15-21-14-22(34(39)40)16-23(28(21)36)35(41)42/h5-17,27,36H,4H2,1-3H3/b24-15-/t27-/m0/s1. The number of carbonyl (C=O) groups is 1. The minimum Gasteiger partial charge on any atom is -0.502 e. The van der Waals surface area contributed by atoms with Gasteiger partial charge < -0.3 is 9.84 Å². The van der Waals surface area contributed by atoms with Crippen molar-refractivity contribution in [2.75, 3.05) is 6.61 Å². The molecule has 3 aromatic carbocycles. The van der Waals surface area contributed by atoms with Gasteiger partial charge in [-0.1, -0.05) is 79.8 Å². The minimum atomic E-state index is -0.961. The molecule has 13 heteroatoms. The molecule has 0 saturated heterocycles. The van der Waals surface area contributed by atoms with Gasteiger partial charge in [-0.3, -0.25) is 29.6 Å². The number of ether oxygens (including phenoxy) is 1. The van der Waals surface area contributed by atoms with E-state index in [0.717, 1.165) is 29.0 Å². The molecule has 1 aromatic heterocycles. The normalized spacial score (nSPS) is 14.7. The molecule has 224 valence electrons.